The number of ether oxygens (including phenoxy) is 3. The highest BCUT2D eigenvalue weighted by Crippen LogP contribution is 2.29. The van der Waals surface area contributed by atoms with Crippen molar-refractivity contribution in [2.75, 3.05) is 11.9 Å². The summed E-state index contributed by atoms with van der Waals surface area (Å²) in [4.78, 5) is 26.5. The van der Waals surface area contributed by atoms with Crippen molar-refractivity contribution in [2.24, 2.45) is 7.05 Å². The highest BCUT2D eigenvalue weighted by Gasteiger charge is 2.25. The molecule has 0 radical (unpaired) electrons. The second-order valence-corrected chi connectivity index (χ2v) is 9.65. The number of halogens is 1. The molecule has 0 saturated carbocycles. The molecule has 3 atom stereocenters. The van der Waals surface area contributed by atoms with Gasteiger partial charge in [-0.1, -0.05) is 31.5 Å². The minimum Gasteiger partial charge on any atom is -0.490 e. The van der Waals surface area contributed by atoms with Crippen LogP contribution in [0, 0.1) is 19.7 Å². The predicted octanol–water partition coefficient (Wildman–Crippen LogP) is 5.61. The molecule has 0 saturated heterocycles. The zero-order chi connectivity index (χ0) is 28.9. The van der Waals surface area contributed by atoms with Crippen molar-refractivity contribution >= 4 is 11.6 Å². The lowest BCUT2D eigenvalue weighted by Gasteiger charge is -2.19. The highest BCUT2D eigenvalue weighted by molar-refractivity contribution is 6.07. The van der Waals surface area contributed by atoms with E-state index in [4.69, 9.17) is 14.2 Å². The van der Waals surface area contributed by atoms with E-state index in [1.54, 1.807) is 13.8 Å². The Bertz CT molecular complexity index is 1350. The monoisotopic (exact) mass is 542 g/mol. The fourth-order valence-corrected chi connectivity index (χ4v) is 4.44. The van der Waals surface area contributed by atoms with E-state index in [-0.39, 0.29) is 23.1 Å². The van der Waals surface area contributed by atoms with E-state index in [1.165, 1.54) is 17.7 Å². The van der Waals surface area contributed by atoms with Gasteiger partial charge in [-0.3, -0.25) is 9.36 Å². The van der Waals surface area contributed by atoms with Crippen LogP contribution in [0.5, 0.6) is 5.75 Å². The van der Waals surface area contributed by atoms with Gasteiger partial charge in [-0.15, -0.1) is 5.10 Å². The average molecular weight is 543 g/mol. The summed E-state index contributed by atoms with van der Waals surface area (Å²) in [6, 6.07) is 8.12. The maximum Gasteiger partial charge on any atom is 0.350 e. The van der Waals surface area contributed by atoms with Crippen LogP contribution in [0.1, 0.15) is 80.9 Å². The Labute approximate surface area is 228 Å². The Hall–Kier alpha value is -3.50. The third-order valence-electron chi connectivity index (χ3n) is 6.44. The quantitative estimate of drug-likeness (QED) is 0.299. The number of hydrogen-bond acceptors (Lipinski definition) is 6. The summed E-state index contributed by atoms with van der Waals surface area (Å²) in [6.45, 7) is 13.5. The first kappa shape index (κ1) is 30.0. The van der Waals surface area contributed by atoms with Crippen molar-refractivity contribution in [3.63, 3.8) is 0 Å². The minimum atomic E-state index is -0.792. The van der Waals surface area contributed by atoms with Crippen LogP contribution >= 0.6 is 0 Å². The van der Waals surface area contributed by atoms with Crippen LogP contribution in [0.15, 0.2) is 35.1 Å². The normalized spacial score (nSPS) is 13.7. The van der Waals surface area contributed by atoms with Gasteiger partial charge in [0.25, 0.3) is 5.91 Å². The van der Waals surface area contributed by atoms with Crippen LogP contribution in [0.4, 0.5) is 10.1 Å². The molecule has 3 aromatic rings. The highest BCUT2D eigenvalue weighted by atomic mass is 19.1. The topological polar surface area (TPSA) is 96.6 Å². The molecule has 10 heteroatoms. The van der Waals surface area contributed by atoms with Gasteiger partial charge in [0.15, 0.2) is 12.1 Å². The van der Waals surface area contributed by atoms with Crippen molar-refractivity contribution in [1.29, 1.82) is 0 Å². The van der Waals surface area contributed by atoms with Crippen LogP contribution in [-0.2, 0) is 16.5 Å². The fourth-order valence-electron chi connectivity index (χ4n) is 4.44. The minimum absolute atomic E-state index is 0.0216. The average Bonchev–Trinajstić information content (AvgIpc) is 3.16. The summed E-state index contributed by atoms with van der Waals surface area (Å²) in [5.41, 5.74) is 1.74. The summed E-state index contributed by atoms with van der Waals surface area (Å²) in [6.07, 6.45) is 0.225. The largest absolute Gasteiger partial charge is 0.490 e. The lowest BCUT2D eigenvalue weighted by Crippen LogP contribution is -2.24. The number of aryl methyl sites for hydroxylation is 2. The van der Waals surface area contributed by atoms with Crippen molar-refractivity contribution in [1.82, 2.24) is 14.3 Å². The number of para-hydroxylation sites is 1. The van der Waals surface area contributed by atoms with Gasteiger partial charge >= 0.3 is 5.69 Å². The summed E-state index contributed by atoms with van der Waals surface area (Å²) in [7, 11) is 1.54. The van der Waals surface area contributed by atoms with E-state index in [9.17, 15) is 9.59 Å². The molecular formula is C29H39FN4O5. The molecule has 1 amide bonds. The van der Waals surface area contributed by atoms with Gasteiger partial charge in [-0.2, -0.15) is 4.68 Å². The Morgan fingerprint density at radius 1 is 1.13 bits per heavy atom. The van der Waals surface area contributed by atoms with E-state index in [1.807, 2.05) is 52.8 Å². The maximum absolute atomic E-state index is 15.6. The SMILES string of the molecule is CCC[C@@H](C)Oc1cc(-n2nc(C(C)OC(C)OCC)n(C)c2=O)c(F)cc1C(=O)Nc1c(C)cccc1C. The van der Waals surface area contributed by atoms with Gasteiger partial charge < -0.3 is 19.5 Å². The lowest BCUT2D eigenvalue weighted by molar-refractivity contribution is -0.156. The number of carbonyl (C=O) groups is 1. The molecular weight excluding hydrogens is 503 g/mol. The third kappa shape index (κ3) is 6.93. The van der Waals surface area contributed by atoms with Gasteiger partial charge in [0.05, 0.1) is 11.7 Å². The summed E-state index contributed by atoms with van der Waals surface area (Å²) >= 11 is 0. The van der Waals surface area contributed by atoms with E-state index in [2.05, 4.69) is 10.4 Å². The van der Waals surface area contributed by atoms with Gasteiger partial charge in [-0.05, 0) is 65.2 Å². The number of nitrogens with zero attached hydrogens (tertiary/aromatic N) is 3. The molecule has 2 aromatic carbocycles. The summed E-state index contributed by atoms with van der Waals surface area (Å²) in [5, 5.41) is 7.26. The summed E-state index contributed by atoms with van der Waals surface area (Å²) < 4.78 is 35.2. The van der Waals surface area contributed by atoms with Crippen molar-refractivity contribution in [3.8, 4) is 11.4 Å². The van der Waals surface area contributed by atoms with Crippen LogP contribution in [0.2, 0.25) is 0 Å². The molecule has 1 heterocycles. The lowest BCUT2D eigenvalue weighted by atomic mass is 10.1. The molecule has 3 rings (SSSR count). The molecule has 0 spiro atoms. The number of rotatable bonds is 12. The molecule has 1 aromatic heterocycles. The molecule has 0 fully saturated rings. The van der Waals surface area contributed by atoms with E-state index >= 15 is 4.39 Å². The predicted molar refractivity (Wildman–Crippen MR) is 148 cm³/mol. The number of hydrogen-bond donors (Lipinski definition) is 1. The molecule has 9 nitrogen and oxygen atoms in total. The number of amides is 1. The second-order valence-electron chi connectivity index (χ2n) is 9.65. The van der Waals surface area contributed by atoms with E-state index in [0.29, 0.717) is 18.1 Å². The first-order valence-corrected chi connectivity index (χ1v) is 13.3. The first-order chi connectivity index (χ1) is 18.5. The van der Waals surface area contributed by atoms with Gasteiger partial charge in [0.1, 0.15) is 23.4 Å². The third-order valence-corrected chi connectivity index (χ3v) is 6.44. The smallest absolute Gasteiger partial charge is 0.350 e. The Balaban J connectivity index is 2.06. The molecule has 0 aliphatic heterocycles. The van der Waals surface area contributed by atoms with Crippen molar-refractivity contribution in [3.05, 3.63) is 69.1 Å². The Morgan fingerprint density at radius 3 is 2.41 bits per heavy atom. The number of benzene rings is 2. The number of aromatic nitrogens is 3. The molecule has 0 aliphatic carbocycles. The van der Waals surface area contributed by atoms with Crippen LogP contribution in [0.25, 0.3) is 5.69 Å². The molecule has 2 unspecified atom stereocenters. The van der Waals surface area contributed by atoms with E-state index in [0.717, 1.165) is 34.7 Å². The number of carbonyl (C=O) groups excluding carboxylic acids is 1. The summed E-state index contributed by atoms with van der Waals surface area (Å²) in [5.74, 6) is -0.855. The molecule has 0 aliphatic rings. The molecule has 0 bridgehead atoms. The Morgan fingerprint density at radius 2 is 1.79 bits per heavy atom. The fraction of sp³-hybridized carbons (Fsp3) is 0.483. The number of nitrogens with one attached hydrogen (secondary N) is 1. The van der Waals surface area contributed by atoms with Crippen molar-refractivity contribution in [2.45, 2.75) is 79.8 Å². The maximum atomic E-state index is 15.6. The van der Waals surface area contributed by atoms with Crippen LogP contribution < -0.4 is 15.7 Å². The van der Waals surface area contributed by atoms with Crippen molar-refractivity contribution < 1.29 is 23.4 Å². The van der Waals surface area contributed by atoms with Crippen LogP contribution in [0.3, 0.4) is 0 Å². The van der Waals surface area contributed by atoms with Gasteiger partial charge in [-0.25, -0.2) is 9.18 Å². The second kappa shape index (κ2) is 13.0. The Kier molecular flexibility index (Phi) is 10.0. The zero-order valence-corrected chi connectivity index (χ0v) is 24.0. The van der Waals surface area contributed by atoms with Gasteiger partial charge in [0, 0.05) is 25.4 Å². The molecule has 1 N–H and O–H groups in total. The number of anilines is 1. The van der Waals surface area contributed by atoms with Crippen LogP contribution in [-0.4, -0.2) is 39.3 Å². The molecule has 212 valence electrons. The standard InChI is InChI=1S/C29H39FN4O5/c1-9-12-19(5)38-25-16-24(34-29(36)33(8)27(32-34)20(6)39-21(7)37-10-2)23(30)15-22(25)28(35)31-26-17(3)13-11-14-18(26)4/h11,13-16,19-21H,9-10,12H2,1-8H3,(H,31,35)/t19-,20?,21?/m1/s1. The zero-order valence-electron chi connectivity index (χ0n) is 24.0. The van der Waals surface area contributed by atoms with E-state index < -0.39 is 29.8 Å². The molecule has 39 heavy (non-hydrogen) atoms. The van der Waals surface area contributed by atoms with Gasteiger partial charge in [0.2, 0.25) is 0 Å². The first-order valence-electron chi connectivity index (χ1n) is 13.3.